The lowest BCUT2D eigenvalue weighted by molar-refractivity contribution is -0.129. The third-order valence-electron chi connectivity index (χ3n) is 4.45. The van der Waals surface area contributed by atoms with Crippen LogP contribution in [0.1, 0.15) is 28.9 Å². The number of hydrogen-bond donors (Lipinski definition) is 1. The highest BCUT2D eigenvalue weighted by molar-refractivity contribution is 6.10. The topological polar surface area (TPSA) is 116 Å². The summed E-state index contributed by atoms with van der Waals surface area (Å²) in [5.41, 5.74) is 6.42. The van der Waals surface area contributed by atoms with Gasteiger partial charge in [-0.05, 0) is 30.7 Å². The van der Waals surface area contributed by atoms with Crippen LogP contribution < -0.4 is 10.6 Å². The number of hydrogen-bond acceptors (Lipinski definition) is 7. The quantitative estimate of drug-likeness (QED) is 0.811. The van der Waals surface area contributed by atoms with Crippen LogP contribution in [0.15, 0.2) is 36.5 Å². The fourth-order valence-electron chi connectivity index (χ4n) is 3.05. The van der Waals surface area contributed by atoms with Crippen LogP contribution in [-0.2, 0) is 4.79 Å². The van der Waals surface area contributed by atoms with E-state index in [2.05, 4.69) is 9.97 Å². The predicted octanol–water partition coefficient (Wildman–Crippen LogP) is 1.24. The summed E-state index contributed by atoms with van der Waals surface area (Å²) in [6.45, 7) is 2.45. The van der Waals surface area contributed by atoms with Crippen molar-refractivity contribution in [2.75, 3.05) is 36.8 Å². The summed E-state index contributed by atoms with van der Waals surface area (Å²) in [7, 11) is 0. The molecule has 1 amide bonds. The predicted molar refractivity (Wildman–Crippen MR) is 100.0 cm³/mol. The zero-order valence-electron chi connectivity index (χ0n) is 14.8. The SMILES string of the molecule is N#CCC(=O)N1CCCN(c2cccc(C(=O)c3cccnc3N)n2)CC1. The highest BCUT2D eigenvalue weighted by Crippen LogP contribution is 2.18. The summed E-state index contributed by atoms with van der Waals surface area (Å²) in [6.07, 6.45) is 2.20. The maximum Gasteiger partial charge on any atom is 0.236 e. The van der Waals surface area contributed by atoms with Crippen LogP contribution in [0.3, 0.4) is 0 Å². The van der Waals surface area contributed by atoms with Gasteiger partial charge in [-0.3, -0.25) is 9.59 Å². The lowest BCUT2D eigenvalue weighted by Crippen LogP contribution is -2.35. The van der Waals surface area contributed by atoms with E-state index in [1.54, 1.807) is 29.2 Å². The van der Waals surface area contributed by atoms with Crippen LogP contribution in [0.25, 0.3) is 0 Å². The Kier molecular flexibility index (Phi) is 5.61. The summed E-state index contributed by atoms with van der Waals surface area (Å²) in [5, 5.41) is 8.70. The Balaban J connectivity index is 1.76. The van der Waals surface area contributed by atoms with Crippen molar-refractivity contribution < 1.29 is 9.59 Å². The molecule has 1 fully saturated rings. The number of ketones is 1. The van der Waals surface area contributed by atoms with Gasteiger partial charge in [-0.25, -0.2) is 9.97 Å². The standard InChI is InChI=1S/C19H20N6O2/c20-8-7-17(26)25-11-3-10-24(12-13-25)16-6-1-5-15(23-16)18(27)14-4-2-9-22-19(14)21/h1-2,4-6,9H,3,7,10-13H2,(H2,21,22). The van der Waals surface area contributed by atoms with Gasteiger partial charge in [-0.2, -0.15) is 5.26 Å². The van der Waals surface area contributed by atoms with Crippen LogP contribution in [0.4, 0.5) is 11.6 Å². The molecule has 3 heterocycles. The number of carbonyl (C=O) groups is 2. The Morgan fingerprint density at radius 3 is 2.78 bits per heavy atom. The van der Waals surface area contributed by atoms with Crippen molar-refractivity contribution in [2.24, 2.45) is 0 Å². The van der Waals surface area contributed by atoms with Gasteiger partial charge in [0.05, 0.1) is 11.6 Å². The van der Waals surface area contributed by atoms with Crippen molar-refractivity contribution in [1.29, 1.82) is 5.26 Å². The maximum atomic E-state index is 12.7. The highest BCUT2D eigenvalue weighted by atomic mass is 16.2. The van der Waals surface area contributed by atoms with E-state index in [0.29, 0.717) is 36.7 Å². The minimum atomic E-state index is -0.275. The molecule has 0 saturated carbocycles. The average Bonchev–Trinajstić information content (AvgIpc) is 2.94. The molecule has 27 heavy (non-hydrogen) atoms. The van der Waals surface area contributed by atoms with Crippen LogP contribution in [0, 0.1) is 11.3 Å². The van der Waals surface area contributed by atoms with Crippen LogP contribution in [0.2, 0.25) is 0 Å². The van der Waals surface area contributed by atoms with E-state index in [-0.39, 0.29) is 23.9 Å². The molecule has 8 heteroatoms. The van der Waals surface area contributed by atoms with Crippen molar-refractivity contribution in [2.45, 2.75) is 12.8 Å². The van der Waals surface area contributed by atoms with E-state index in [1.807, 2.05) is 17.0 Å². The Morgan fingerprint density at radius 2 is 2.00 bits per heavy atom. The molecule has 2 aromatic heterocycles. The lowest BCUT2D eigenvalue weighted by Gasteiger charge is -2.22. The number of anilines is 2. The third kappa shape index (κ3) is 4.20. The van der Waals surface area contributed by atoms with Gasteiger partial charge in [0, 0.05) is 32.4 Å². The van der Waals surface area contributed by atoms with Gasteiger partial charge in [0.2, 0.25) is 11.7 Å². The minimum Gasteiger partial charge on any atom is -0.383 e. The number of nitrogens with two attached hydrogens (primary N) is 1. The Bertz CT molecular complexity index is 892. The fourth-order valence-corrected chi connectivity index (χ4v) is 3.05. The molecule has 2 aromatic rings. The zero-order chi connectivity index (χ0) is 19.2. The molecule has 2 N–H and O–H groups in total. The lowest BCUT2D eigenvalue weighted by atomic mass is 10.1. The molecule has 1 aliphatic rings. The van der Waals surface area contributed by atoms with Gasteiger partial charge in [0.25, 0.3) is 0 Å². The van der Waals surface area contributed by atoms with Gasteiger partial charge in [-0.15, -0.1) is 0 Å². The van der Waals surface area contributed by atoms with Crippen LogP contribution >= 0.6 is 0 Å². The smallest absolute Gasteiger partial charge is 0.236 e. The maximum absolute atomic E-state index is 12.7. The number of rotatable bonds is 4. The molecular formula is C19H20N6O2. The average molecular weight is 364 g/mol. The van der Waals surface area contributed by atoms with Crippen molar-refractivity contribution in [3.8, 4) is 6.07 Å². The molecule has 1 saturated heterocycles. The Morgan fingerprint density at radius 1 is 1.15 bits per heavy atom. The monoisotopic (exact) mass is 364 g/mol. The molecule has 0 radical (unpaired) electrons. The molecule has 1 aliphatic heterocycles. The molecule has 0 unspecified atom stereocenters. The number of carbonyl (C=O) groups excluding carboxylic acids is 2. The zero-order valence-corrected chi connectivity index (χ0v) is 14.8. The first kappa shape index (κ1) is 18.3. The first-order valence-electron chi connectivity index (χ1n) is 8.72. The van der Waals surface area contributed by atoms with E-state index >= 15 is 0 Å². The molecule has 138 valence electrons. The van der Waals surface area contributed by atoms with Gasteiger partial charge in [-0.1, -0.05) is 6.07 Å². The summed E-state index contributed by atoms with van der Waals surface area (Å²) >= 11 is 0. The van der Waals surface area contributed by atoms with E-state index in [0.717, 1.165) is 13.0 Å². The molecule has 0 aromatic carbocycles. The summed E-state index contributed by atoms with van der Waals surface area (Å²) in [6, 6.07) is 10.5. The highest BCUT2D eigenvalue weighted by Gasteiger charge is 2.21. The number of nitriles is 1. The molecule has 0 aliphatic carbocycles. The third-order valence-corrected chi connectivity index (χ3v) is 4.45. The number of pyridine rings is 2. The number of nitrogens with zero attached hydrogens (tertiary/aromatic N) is 5. The van der Waals surface area contributed by atoms with Gasteiger partial charge < -0.3 is 15.5 Å². The fraction of sp³-hybridized carbons (Fsp3) is 0.316. The van der Waals surface area contributed by atoms with Crippen molar-refractivity contribution in [3.05, 3.63) is 47.8 Å². The van der Waals surface area contributed by atoms with E-state index in [9.17, 15) is 9.59 Å². The summed E-state index contributed by atoms with van der Waals surface area (Å²) in [5.74, 6) is 0.431. The van der Waals surface area contributed by atoms with Gasteiger partial charge in [0.1, 0.15) is 23.8 Å². The molecule has 0 atom stereocenters. The van der Waals surface area contributed by atoms with Crippen molar-refractivity contribution >= 4 is 23.3 Å². The second-order valence-electron chi connectivity index (χ2n) is 6.20. The van der Waals surface area contributed by atoms with E-state index in [1.165, 1.54) is 6.20 Å². The van der Waals surface area contributed by atoms with Gasteiger partial charge >= 0.3 is 0 Å². The second-order valence-corrected chi connectivity index (χ2v) is 6.20. The minimum absolute atomic E-state index is 0.102. The first-order valence-corrected chi connectivity index (χ1v) is 8.72. The molecular weight excluding hydrogens is 344 g/mol. The summed E-state index contributed by atoms with van der Waals surface area (Å²) in [4.78, 5) is 36.8. The Hall–Kier alpha value is -3.47. The largest absolute Gasteiger partial charge is 0.383 e. The van der Waals surface area contributed by atoms with E-state index in [4.69, 9.17) is 11.0 Å². The second kappa shape index (κ2) is 8.27. The molecule has 8 nitrogen and oxygen atoms in total. The Labute approximate surface area is 157 Å². The molecule has 0 spiro atoms. The van der Waals surface area contributed by atoms with Crippen molar-refractivity contribution in [1.82, 2.24) is 14.9 Å². The number of amides is 1. The van der Waals surface area contributed by atoms with E-state index < -0.39 is 0 Å². The normalized spacial score (nSPS) is 14.3. The molecule has 3 rings (SSSR count). The van der Waals surface area contributed by atoms with Crippen LogP contribution in [0.5, 0.6) is 0 Å². The van der Waals surface area contributed by atoms with Crippen molar-refractivity contribution in [3.63, 3.8) is 0 Å². The number of aromatic nitrogens is 2. The summed E-state index contributed by atoms with van der Waals surface area (Å²) < 4.78 is 0. The number of nitrogen functional groups attached to an aromatic ring is 1. The van der Waals surface area contributed by atoms with Crippen LogP contribution in [-0.4, -0.2) is 52.7 Å². The van der Waals surface area contributed by atoms with Gasteiger partial charge in [0.15, 0.2) is 0 Å². The molecule has 0 bridgehead atoms. The first-order chi connectivity index (χ1) is 13.1.